The monoisotopic (exact) mass is 323 g/mol. The summed E-state index contributed by atoms with van der Waals surface area (Å²) in [5.41, 5.74) is 0.685. The summed E-state index contributed by atoms with van der Waals surface area (Å²) in [5.74, 6) is -0.388. The predicted octanol–water partition coefficient (Wildman–Crippen LogP) is 3.58. The number of pyridine rings is 1. The van der Waals surface area contributed by atoms with Crippen molar-refractivity contribution in [1.29, 1.82) is 0 Å². The summed E-state index contributed by atoms with van der Waals surface area (Å²) < 4.78 is 11.6. The summed E-state index contributed by atoms with van der Waals surface area (Å²) in [7, 11) is -1.75. The number of hydrogen-bond acceptors (Lipinski definition) is 4. The Balaban J connectivity index is 2.49. The van der Waals surface area contributed by atoms with Gasteiger partial charge in [-0.1, -0.05) is 20.8 Å². The molecule has 1 aromatic heterocycles. The van der Waals surface area contributed by atoms with Crippen LogP contribution in [0, 0.1) is 0 Å². The van der Waals surface area contributed by atoms with E-state index in [-0.39, 0.29) is 5.04 Å². The van der Waals surface area contributed by atoms with Crippen LogP contribution in [-0.4, -0.2) is 37.6 Å². The van der Waals surface area contributed by atoms with Crippen molar-refractivity contribution in [2.75, 3.05) is 13.2 Å². The maximum atomic E-state index is 10.5. The minimum Gasteiger partial charge on any atom is -0.490 e. The van der Waals surface area contributed by atoms with Crippen molar-refractivity contribution in [1.82, 2.24) is 4.98 Å². The molecule has 0 spiro atoms. The van der Waals surface area contributed by atoms with Gasteiger partial charge in [-0.15, -0.1) is 0 Å². The first-order valence-electron chi connectivity index (χ1n) is 7.25. The second-order valence-corrected chi connectivity index (χ2v) is 11.4. The zero-order valence-corrected chi connectivity index (χ0v) is 14.9. The largest absolute Gasteiger partial charge is 0.490 e. The van der Waals surface area contributed by atoms with Crippen molar-refractivity contribution < 1.29 is 19.1 Å². The van der Waals surface area contributed by atoms with Gasteiger partial charge in [0.05, 0.1) is 12.8 Å². The average molecular weight is 323 g/mol. The number of carboxylic acid groups (broad SMARTS) is 1. The van der Waals surface area contributed by atoms with Gasteiger partial charge in [0.1, 0.15) is 12.4 Å². The molecule has 22 heavy (non-hydrogen) atoms. The first-order chi connectivity index (χ1) is 10.1. The molecule has 0 radical (unpaired) electrons. The summed E-state index contributed by atoms with van der Waals surface area (Å²) in [6.07, 6.45) is 5.73. The average Bonchev–Trinajstić information content (AvgIpc) is 2.40. The number of aliphatic carboxylic acids is 1. The van der Waals surface area contributed by atoms with Crippen LogP contribution in [0.5, 0.6) is 5.75 Å². The maximum Gasteiger partial charge on any atom is 0.328 e. The van der Waals surface area contributed by atoms with Crippen LogP contribution in [0.2, 0.25) is 18.1 Å². The van der Waals surface area contributed by atoms with E-state index in [1.54, 1.807) is 18.5 Å². The highest BCUT2D eigenvalue weighted by Gasteiger charge is 2.36. The van der Waals surface area contributed by atoms with Gasteiger partial charge < -0.3 is 14.3 Å². The number of aromatic nitrogens is 1. The Morgan fingerprint density at radius 1 is 1.32 bits per heavy atom. The minimum absolute atomic E-state index is 0.177. The van der Waals surface area contributed by atoms with E-state index >= 15 is 0 Å². The Morgan fingerprint density at radius 3 is 2.59 bits per heavy atom. The lowest BCUT2D eigenvalue weighted by atomic mass is 10.2. The van der Waals surface area contributed by atoms with Gasteiger partial charge >= 0.3 is 5.97 Å². The fourth-order valence-electron chi connectivity index (χ4n) is 1.45. The second kappa shape index (κ2) is 7.55. The molecule has 0 aliphatic heterocycles. The molecule has 0 bridgehead atoms. The number of ether oxygens (including phenoxy) is 1. The lowest BCUT2D eigenvalue weighted by Gasteiger charge is -2.36. The molecule has 0 saturated heterocycles. The minimum atomic E-state index is -1.75. The molecule has 0 saturated carbocycles. The fraction of sp³-hybridized carbons (Fsp3) is 0.500. The lowest BCUT2D eigenvalue weighted by Crippen LogP contribution is -2.41. The van der Waals surface area contributed by atoms with E-state index in [0.29, 0.717) is 24.5 Å². The molecule has 0 aliphatic rings. The van der Waals surface area contributed by atoms with Crippen LogP contribution in [0.1, 0.15) is 26.3 Å². The molecule has 0 fully saturated rings. The zero-order chi connectivity index (χ0) is 16.8. The number of hydrogen-bond donors (Lipinski definition) is 1. The Morgan fingerprint density at radius 2 is 2.00 bits per heavy atom. The van der Waals surface area contributed by atoms with Gasteiger partial charge in [0.2, 0.25) is 0 Å². The topological polar surface area (TPSA) is 68.7 Å². The molecule has 1 heterocycles. The van der Waals surface area contributed by atoms with Crippen molar-refractivity contribution in [2.45, 2.75) is 38.9 Å². The highest BCUT2D eigenvalue weighted by atomic mass is 28.4. The quantitative estimate of drug-likeness (QED) is 0.472. The van der Waals surface area contributed by atoms with E-state index in [1.807, 2.05) is 0 Å². The van der Waals surface area contributed by atoms with Crippen LogP contribution in [0.25, 0.3) is 6.08 Å². The van der Waals surface area contributed by atoms with E-state index in [4.69, 9.17) is 14.3 Å². The molecule has 6 heteroatoms. The van der Waals surface area contributed by atoms with Gasteiger partial charge in [-0.05, 0) is 35.8 Å². The van der Waals surface area contributed by atoms with Crippen LogP contribution < -0.4 is 4.74 Å². The van der Waals surface area contributed by atoms with Crippen LogP contribution in [-0.2, 0) is 9.22 Å². The Bertz CT molecular complexity index is 535. The van der Waals surface area contributed by atoms with Gasteiger partial charge in [-0.25, -0.2) is 4.79 Å². The van der Waals surface area contributed by atoms with Gasteiger partial charge in [0.25, 0.3) is 0 Å². The molecule has 1 rings (SSSR count). The van der Waals surface area contributed by atoms with Crippen molar-refractivity contribution in [2.24, 2.45) is 0 Å². The molecule has 0 aliphatic carbocycles. The normalized spacial score (nSPS) is 12.6. The lowest BCUT2D eigenvalue weighted by molar-refractivity contribution is -0.131. The SMILES string of the molecule is CC(C)(C)[Si](C)(C)OCCOc1cncc(/C=C/C(=O)O)c1. The van der Waals surface area contributed by atoms with Crippen LogP contribution in [0.3, 0.4) is 0 Å². The van der Waals surface area contributed by atoms with Gasteiger partial charge in [-0.3, -0.25) is 4.98 Å². The van der Waals surface area contributed by atoms with E-state index in [0.717, 1.165) is 6.08 Å². The van der Waals surface area contributed by atoms with Gasteiger partial charge in [-0.2, -0.15) is 0 Å². The molecule has 1 aromatic rings. The molecular formula is C16H25NO4Si. The predicted molar refractivity (Wildman–Crippen MR) is 89.6 cm³/mol. The number of nitrogens with zero attached hydrogens (tertiary/aromatic N) is 1. The van der Waals surface area contributed by atoms with E-state index in [2.05, 4.69) is 38.8 Å². The molecule has 5 nitrogen and oxygen atoms in total. The third-order valence-electron chi connectivity index (χ3n) is 3.77. The van der Waals surface area contributed by atoms with Crippen LogP contribution in [0.4, 0.5) is 0 Å². The summed E-state index contributed by atoms with van der Waals surface area (Å²) in [6.45, 7) is 12.0. The number of carbonyl (C=O) groups is 1. The standard InChI is InChI=1S/C16H25NO4Si/c1-16(2,3)22(4,5)21-9-8-20-14-10-13(11-17-12-14)6-7-15(18)19/h6-7,10-12H,8-9H2,1-5H3,(H,18,19)/b7-6+. The van der Waals surface area contributed by atoms with E-state index in [9.17, 15) is 4.79 Å². The summed E-state index contributed by atoms with van der Waals surface area (Å²) in [6, 6.07) is 1.75. The van der Waals surface area contributed by atoms with Gasteiger partial charge in [0.15, 0.2) is 8.32 Å². The van der Waals surface area contributed by atoms with Crippen LogP contribution >= 0.6 is 0 Å². The van der Waals surface area contributed by atoms with Crippen molar-refractivity contribution in [3.63, 3.8) is 0 Å². The van der Waals surface area contributed by atoms with E-state index in [1.165, 1.54) is 6.08 Å². The Hall–Kier alpha value is -1.66. The molecule has 1 N–H and O–H groups in total. The summed E-state index contributed by atoms with van der Waals surface area (Å²) in [5, 5.41) is 8.78. The van der Waals surface area contributed by atoms with Crippen LogP contribution in [0.15, 0.2) is 24.5 Å². The fourth-order valence-corrected chi connectivity index (χ4v) is 2.47. The molecule has 122 valence electrons. The Labute approximate surface area is 133 Å². The second-order valence-electron chi connectivity index (χ2n) is 6.58. The highest BCUT2D eigenvalue weighted by molar-refractivity contribution is 6.74. The third kappa shape index (κ3) is 5.99. The third-order valence-corrected chi connectivity index (χ3v) is 8.31. The zero-order valence-electron chi connectivity index (χ0n) is 13.9. The number of carboxylic acids is 1. The van der Waals surface area contributed by atoms with Crippen molar-refractivity contribution in [3.05, 3.63) is 30.1 Å². The van der Waals surface area contributed by atoms with E-state index < -0.39 is 14.3 Å². The molecule has 0 amide bonds. The van der Waals surface area contributed by atoms with Crippen molar-refractivity contribution in [3.8, 4) is 5.75 Å². The Kier molecular flexibility index (Phi) is 6.31. The van der Waals surface area contributed by atoms with Gasteiger partial charge in [0, 0.05) is 12.3 Å². The first-order valence-corrected chi connectivity index (χ1v) is 10.2. The number of rotatable bonds is 7. The maximum absolute atomic E-state index is 10.5. The summed E-state index contributed by atoms with van der Waals surface area (Å²) >= 11 is 0. The smallest absolute Gasteiger partial charge is 0.328 e. The first kappa shape index (κ1) is 18.4. The molecule has 0 atom stereocenters. The highest BCUT2D eigenvalue weighted by Crippen LogP contribution is 2.36. The van der Waals surface area contributed by atoms with Crippen molar-refractivity contribution >= 4 is 20.4 Å². The molecular weight excluding hydrogens is 298 g/mol. The summed E-state index contributed by atoms with van der Waals surface area (Å²) in [4.78, 5) is 14.5. The molecule has 0 unspecified atom stereocenters. The molecule has 0 aromatic carbocycles.